The van der Waals surface area contributed by atoms with Crippen molar-refractivity contribution in [3.05, 3.63) is 59.2 Å². The number of fused-ring (bicyclic) bond motifs is 1. The Morgan fingerprint density at radius 3 is 2.32 bits per heavy atom. The Hall–Kier alpha value is -2.27. The van der Waals surface area contributed by atoms with Gasteiger partial charge < -0.3 is 10.6 Å². The van der Waals surface area contributed by atoms with E-state index in [1.54, 1.807) is 0 Å². The topological polar surface area (TPSA) is 58.2 Å². The lowest BCUT2D eigenvalue weighted by Gasteiger charge is -2.08. The molecule has 25 heavy (non-hydrogen) atoms. The summed E-state index contributed by atoms with van der Waals surface area (Å²) in [5.41, 5.74) is 5.45. The smallest absolute Gasteiger partial charge is 0.234 e. The van der Waals surface area contributed by atoms with E-state index in [1.807, 2.05) is 37.3 Å². The number of benzene rings is 2. The van der Waals surface area contributed by atoms with Crippen LogP contribution in [0.15, 0.2) is 42.5 Å². The minimum Gasteiger partial charge on any atom is -0.325 e. The molecule has 0 atom stereocenters. The summed E-state index contributed by atoms with van der Waals surface area (Å²) in [7, 11) is 0. The molecule has 0 spiro atoms. The summed E-state index contributed by atoms with van der Waals surface area (Å²) in [6.07, 6.45) is 3.42. The maximum atomic E-state index is 12.0. The summed E-state index contributed by atoms with van der Waals surface area (Å²) in [4.78, 5) is 24.0. The second-order valence-corrected chi connectivity index (χ2v) is 7.28. The molecule has 5 heteroatoms. The minimum absolute atomic E-state index is 0.0775. The van der Waals surface area contributed by atoms with Gasteiger partial charge in [-0.25, -0.2) is 0 Å². The third kappa shape index (κ3) is 5.10. The van der Waals surface area contributed by atoms with E-state index in [2.05, 4.69) is 22.8 Å². The second kappa shape index (κ2) is 8.21. The summed E-state index contributed by atoms with van der Waals surface area (Å²) < 4.78 is 0. The molecule has 0 saturated heterocycles. The molecule has 0 bridgehead atoms. The highest BCUT2D eigenvalue weighted by Gasteiger charge is 2.12. The molecule has 2 aromatic carbocycles. The summed E-state index contributed by atoms with van der Waals surface area (Å²) in [5.74, 6) is 0.344. The molecule has 3 rings (SSSR count). The van der Waals surface area contributed by atoms with Gasteiger partial charge in [-0.2, -0.15) is 0 Å². The Balaban J connectivity index is 1.41. The van der Waals surface area contributed by atoms with Crippen LogP contribution in [0, 0.1) is 6.92 Å². The van der Waals surface area contributed by atoms with Crippen molar-refractivity contribution in [3.8, 4) is 0 Å². The van der Waals surface area contributed by atoms with Crippen LogP contribution < -0.4 is 10.6 Å². The largest absolute Gasteiger partial charge is 0.325 e. The number of rotatable bonds is 6. The molecule has 130 valence electrons. The van der Waals surface area contributed by atoms with Gasteiger partial charge in [0.1, 0.15) is 0 Å². The highest BCUT2D eigenvalue weighted by atomic mass is 32.2. The van der Waals surface area contributed by atoms with Crippen molar-refractivity contribution in [1.82, 2.24) is 0 Å². The van der Waals surface area contributed by atoms with Gasteiger partial charge in [0, 0.05) is 11.4 Å². The number of nitrogens with one attached hydrogen (secondary N) is 2. The maximum Gasteiger partial charge on any atom is 0.234 e. The van der Waals surface area contributed by atoms with E-state index in [1.165, 1.54) is 29.3 Å². The number of aryl methyl sites for hydroxylation is 3. The van der Waals surface area contributed by atoms with Crippen LogP contribution in [-0.4, -0.2) is 23.3 Å². The van der Waals surface area contributed by atoms with Gasteiger partial charge in [0.2, 0.25) is 11.8 Å². The molecule has 0 fully saturated rings. The van der Waals surface area contributed by atoms with E-state index in [4.69, 9.17) is 0 Å². The molecule has 4 nitrogen and oxygen atoms in total. The normalized spacial score (nSPS) is 12.5. The Morgan fingerprint density at radius 2 is 1.60 bits per heavy atom. The van der Waals surface area contributed by atoms with Crippen LogP contribution in [0.5, 0.6) is 0 Å². The molecule has 1 aliphatic rings. The highest BCUT2D eigenvalue weighted by Crippen LogP contribution is 2.25. The fraction of sp³-hybridized carbons (Fsp3) is 0.300. The van der Waals surface area contributed by atoms with Gasteiger partial charge in [-0.3, -0.25) is 9.59 Å². The van der Waals surface area contributed by atoms with Crippen LogP contribution in [-0.2, 0) is 22.4 Å². The first kappa shape index (κ1) is 17.5. The number of anilines is 2. The Bertz CT molecular complexity index is 789. The van der Waals surface area contributed by atoms with Crippen molar-refractivity contribution >= 4 is 35.0 Å². The lowest BCUT2D eigenvalue weighted by Crippen LogP contribution is -2.18. The zero-order chi connectivity index (χ0) is 17.6. The zero-order valence-corrected chi connectivity index (χ0v) is 15.1. The van der Waals surface area contributed by atoms with E-state index >= 15 is 0 Å². The highest BCUT2D eigenvalue weighted by molar-refractivity contribution is 8.00. The lowest BCUT2D eigenvalue weighted by atomic mass is 10.1. The monoisotopic (exact) mass is 354 g/mol. The molecular weight excluding hydrogens is 332 g/mol. The van der Waals surface area contributed by atoms with E-state index in [0.717, 1.165) is 29.8 Å². The Labute approximate surface area is 152 Å². The van der Waals surface area contributed by atoms with Gasteiger partial charge in [-0.05, 0) is 67.1 Å². The third-order valence-electron chi connectivity index (χ3n) is 4.15. The first-order chi connectivity index (χ1) is 12.1. The molecule has 0 radical (unpaired) electrons. The first-order valence-electron chi connectivity index (χ1n) is 8.46. The van der Waals surface area contributed by atoms with Gasteiger partial charge in [0.15, 0.2) is 0 Å². The molecule has 2 N–H and O–H groups in total. The fourth-order valence-electron chi connectivity index (χ4n) is 3.00. The van der Waals surface area contributed by atoms with E-state index < -0.39 is 0 Å². The number of carbonyl (C=O) groups excluding carboxylic acids is 2. The molecule has 0 saturated carbocycles. The number of thioether (sulfide) groups is 1. The van der Waals surface area contributed by atoms with Gasteiger partial charge >= 0.3 is 0 Å². The maximum absolute atomic E-state index is 12.0. The zero-order valence-electron chi connectivity index (χ0n) is 14.3. The second-order valence-electron chi connectivity index (χ2n) is 6.30. The van der Waals surface area contributed by atoms with Crippen LogP contribution in [0.25, 0.3) is 0 Å². The van der Waals surface area contributed by atoms with Gasteiger partial charge in [-0.1, -0.05) is 18.2 Å². The molecule has 0 aromatic heterocycles. The average Bonchev–Trinajstić information content (AvgIpc) is 3.02. The van der Waals surface area contributed by atoms with Crippen molar-refractivity contribution < 1.29 is 9.59 Å². The lowest BCUT2D eigenvalue weighted by molar-refractivity contribution is -0.114. The first-order valence-corrected chi connectivity index (χ1v) is 9.61. The number of amides is 2. The van der Waals surface area contributed by atoms with Crippen LogP contribution in [0.1, 0.15) is 23.1 Å². The SMILES string of the molecule is Cc1cccc(NC(=O)CSCC(=O)Nc2ccc3c(c2)CCC3)c1. The molecule has 0 heterocycles. The van der Waals surface area contributed by atoms with Crippen molar-refractivity contribution in [2.75, 3.05) is 22.1 Å². The third-order valence-corrected chi connectivity index (χ3v) is 5.08. The van der Waals surface area contributed by atoms with Gasteiger partial charge in [0.25, 0.3) is 0 Å². The number of hydrogen-bond donors (Lipinski definition) is 2. The van der Waals surface area contributed by atoms with E-state index in [0.29, 0.717) is 0 Å². The summed E-state index contributed by atoms with van der Waals surface area (Å²) >= 11 is 1.31. The van der Waals surface area contributed by atoms with Gasteiger partial charge in [-0.15, -0.1) is 11.8 Å². The van der Waals surface area contributed by atoms with Crippen molar-refractivity contribution in [1.29, 1.82) is 0 Å². The van der Waals surface area contributed by atoms with E-state index in [9.17, 15) is 9.59 Å². The predicted molar refractivity (Wildman–Crippen MR) is 104 cm³/mol. The minimum atomic E-state index is -0.0964. The molecule has 0 aliphatic heterocycles. The van der Waals surface area contributed by atoms with Crippen LogP contribution in [0.2, 0.25) is 0 Å². The molecule has 0 unspecified atom stereocenters. The summed E-state index contributed by atoms with van der Waals surface area (Å²) in [6.45, 7) is 1.98. The van der Waals surface area contributed by atoms with Gasteiger partial charge in [0.05, 0.1) is 11.5 Å². The number of hydrogen-bond acceptors (Lipinski definition) is 3. The van der Waals surface area contributed by atoms with Crippen LogP contribution >= 0.6 is 11.8 Å². The predicted octanol–water partition coefficient (Wildman–Crippen LogP) is 3.79. The Morgan fingerprint density at radius 1 is 0.920 bits per heavy atom. The quantitative estimate of drug-likeness (QED) is 0.830. The van der Waals surface area contributed by atoms with E-state index in [-0.39, 0.29) is 23.3 Å². The van der Waals surface area contributed by atoms with Crippen LogP contribution in [0.3, 0.4) is 0 Å². The molecule has 2 amide bonds. The average molecular weight is 354 g/mol. The standard InChI is InChI=1S/C20H22N2O2S/c1-14-4-2-7-17(10-14)21-19(23)12-25-13-20(24)22-18-9-8-15-5-3-6-16(15)11-18/h2,4,7-11H,3,5-6,12-13H2,1H3,(H,21,23)(H,22,24). The van der Waals surface area contributed by atoms with Crippen molar-refractivity contribution in [2.45, 2.75) is 26.2 Å². The molecule has 2 aromatic rings. The van der Waals surface area contributed by atoms with Crippen molar-refractivity contribution in [3.63, 3.8) is 0 Å². The number of carbonyl (C=O) groups is 2. The van der Waals surface area contributed by atoms with Crippen molar-refractivity contribution in [2.24, 2.45) is 0 Å². The summed E-state index contributed by atoms with van der Waals surface area (Å²) in [6, 6.07) is 13.8. The molecule has 1 aliphatic carbocycles. The van der Waals surface area contributed by atoms with Crippen LogP contribution in [0.4, 0.5) is 11.4 Å². The Kier molecular flexibility index (Phi) is 5.76. The fourth-order valence-corrected chi connectivity index (χ4v) is 3.62. The molecular formula is C20H22N2O2S. The summed E-state index contributed by atoms with van der Waals surface area (Å²) in [5, 5.41) is 5.75.